The largest absolute Gasteiger partial charge is 0.346 e. The van der Waals surface area contributed by atoms with Crippen LogP contribution in [-0.4, -0.2) is 5.91 Å². The van der Waals surface area contributed by atoms with E-state index in [9.17, 15) is 25.8 Å². The Morgan fingerprint density at radius 1 is 0.686 bits per heavy atom. The van der Waals surface area contributed by atoms with Gasteiger partial charge in [0.05, 0.1) is 30.3 Å². The maximum atomic E-state index is 13.1. The summed E-state index contributed by atoms with van der Waals surface area (Å²) in [6, 6.07) is 29.6. The van der Waals surface area contributed by atoms with Crippen molar-refractivity contribution in [1.82, 2.24) is 5.32 Å². The molecule has 4 aromatic rings. The molecule has 0 saturated heterocycles. The molecule has 0 aliphatic rings. The summed E-state index contributed by atoms with van der Waals surface area (Å²) >= 11 is 0. The Bertz CT molecular complexity index is 1590. The van der Waals surface area contributed by atoms with E-state index < -0.39 is 11.8 Å². The highest BCUT2D eigenvalue weighted by molar-refractivity contribution is 6.10. The second-order valence-corrected chi connectivity index (χ2v) is 8.12. The molecule has 0 aromatic heterocycles. The van der Waals surface area contributed by atoms with Crippen molar-refractivity contribution in [2.75, 3.05) is 0 Å². The molecule has 1 atom stereocenters. The third-order valence-corrected chi connectivity index (χ3v) is 6.11. The van der Waals surface area contributed by atoms with Crippen molar-refractivity contribution in [1.29, 1.82) is 21.0 Å². The predicted molar refractivity (Wildman–Crippen MR) is 132 cm³/mol. The second kappa shape index (κ2) is 9.76. The van der Waals surface area contributed by atoms with Gasteiger partial charge in [0, 0.05) is 5.56 Å². The first-order chi connectivity index (χ1) is 17.0. The zero-order chi connectivity index (χ0) is 24.9. The summed E-state index contributed by atoms with van der Waals surface area (Å²) in [7, 11) is 0. The molecule has 0 bridgehead atoms. The van der Waals surface area contributed by atoms with Crippen LogP contribution in [0.5, 0.6) is 0 Å². The summed E-state index contributed by atoms with van der Waals surface area (Å²) in [5, 5.41) is 44.1. The predicted octanol–water partition coefficient (Wildman–Crippen LogP) is 5.75. The molecule has 0 aliphatic heterocycles. The molecule has 1 amide bonds. The molecule has 4 rings (SSSR count). The zero-order valence-corrected chi connectivity index (χ0v) is 18.9. The Morgan fingerprint density at radius 2 is 1.17 bits per heavy atom. The van der Waals surface area contributed by atoms with Crippen LogP contribution in [0.25, 0.3) is 21.5 Å². The quantitative estimate of drug-likeness (QED) is 0.386. The van der Waals surface area contributed by atoms with Crippen LogP contribution < -0.4 is 5.32 Å². The molecule has 0 fully saturated rings. The standard InChI is InChI=1S/C29H19N5O/c1-18(19-7-3-2-4-8-19)34-29(35)20-11-12-25-26(13-20)28(22(16-32)17-33)24-10-6-5-9-23(24)27(25)21(14-30)15-31/h2-13,18,21-22H,1H3,(H,34,35). The third kappa shape index (κ3) is 4.14. The molecular weight excluding hydrogens is 434 g/mol. The van der Waals surface area contributed by atoms with Crippen molar-refractivity contribution < 1.29 is 4.79 Å². The molecule has 0 spiro atoms. The number of carbonyl (C=O) groups excluding carboxylic acids is 1. The van der Waals surface area contributed by atoms with Gasteiger partial charge in [-0.2, -0.15) is 21.0 Å². The summed E-state index contributed by atoms with van der Waals surface area (Å²) < 4.78 is 0. The number of hydrogen-bond donors (Lipinski definition) is 1. The van der Waals surface area contributed by atoms with Gasteiger partial charge < -0.3 is 5.32 Å². The normalized spacial score (nSPS) is 11.4. The van der Waals surface area contributed by atoms with E-state index in [1.807, 2.05) is 61.5 Å². The number of benzene rings is 4. The van der Waals surface area contributed by atoms with Gasteiger partial charge in [-0.1, -0.05) is 60.7 Å². The van der Waals surface area contributed by atoms with Gasteiger partial charge in [-0.3, -0.25) is 4.79 Å². The van der Waals surface area contributed by atoms with Crippen LogP contribution in [0.2, 0.25) is 0 Å². The van der Waals surface area contributed by atoms with Crippen molar-refractivity contribution in [2.24, 2.45) is 0 Å². The van der Waals surface area contributed by atoms with Crippen LogP contribution in [0.1, 0.15) is 51.8 Å². The van der Waals surface area contributed by atoms with E-state index in [0.29, 0.717) is 38.2 Å². The first kappa shape index (κ1) is 23.0. The minimum atomic E-state index is -1.10. The molecule has 4 aromatic carbocycles. The first-order valence-electron chi connectivity index (χ1n) is 11.0. The Labute approximate surface area is 202 Å². The molecule has 0 heterocycles. The fraction of sp³-hybridized carbons (Fsp3) is 0.138. The Balaban J connectivity index is 1.96. The SMILES string of the molecule is CC(NC(=O)c1ccc2c(C(C#N)C#N)c3ccccc3c(C(C#N)C#N)c2c1)c1ccccc1. The smallest absolute Gasteiger partial charge is 0.251 e. The molecule has 0 saturated carbocycles. The number of rotatable bonds is 5. The van der Waals surface area contributed by atoms with Gasteiger partial charge >= 0.3 is 0 Å². The number of amides is 1. The molecule has 35 heavy (non-hydrogen) atoms. The van der Waals surface area contributed by atoms with Crippen molar-refractivity contribution in [3.05, 3.63) is 95.1 Å². The van der Waals surface area contributed by atoms with Crippen molar-refractivity contribution in [2.45, 2.75) is 24.8 Å². The number of nitrogens with zero attached hydrogens (tertiary/aromatic N) is 4. The highest BCUT2D eigenvalue weighted by atomic mass is 16.1. The lowest BCUT2D eigenvalue weighted by atomic mass is 9.82. The van der Waals surface area contributed by atoms with Gasteiger partial charge in [0.15, 0.2) is 11.8 Å². The van der Waals surface area contributed by atoms with E-state index in [4.69, 9.17) is 0 Å². The van der Waals surface area contributed by atoms with E-state index in [1.165, 1.54) is 0 Å². The van der Waals surface area contributed by atoms with E-state index in [1.54, 1.807) is 42.5 Å². The summed E-state index contributed by atoms with van der Waals surface area (Å²) in [4.78, 5) is 13.1. The Kier molecular flexibility index (Phi) is 6.42. The molecular formula is C29H19N5O. The van der Waals surface area contributed by atoms with Crippen LogP contribution >= 0.6 is 0 Å². The van der Waals surface area contributed by atoms with E-state index >= 15 is 0 Å². The van der Waals surface area contributed by atoms with Crippen molar-refractivity contribution >= 4 is 27.5 Å². The van der Waals surface area contributed by atoms with Gasteiger partial charge in [0.2, 0.25) is 0 Å². The van der Waals surface area contributed by atoms with Gasteiger partial charge in [-0.15, -0.1) is 0 Å². The first-order valence-corrected chi connectivity index (χ1v) is 11.0. The monoisotopic (exact) mass is 453 g/mol. The van der Waals surface area contributed by atoms with Crippen LogP contribution in [0.4, 0.5) is 0 Å². The highest BCUT2D eigenvalue weighted by Gasteiger charge is 2.25. The topological polar surface area (TPSA) is 124 Å². The number of carbonyl (C=O) groups is 1. The molecule has 6 nitrogen and oxygen atoms in total. The lowest BCUT2D eigenvalue weighted by Crippen LogP contribution is -2.26. The number of nitrogens with one attached hydrogen (secondary N) is 1. The number of nitriles is 4. The van der Waals surface area contributed by atoms with Crippen molar-refractivity contribution in [3.8, 4) is 24.3 Å². The van der Waals surface area contributed by atoms with Crippen LogP contribution in [0.3, 0.4) is 0 Å². The molecule has 6 heteroatoms. The van der Waals surface area contributed by atoms with Gasteiger partial charge in [0.25, 0.3) is 5.91 Å². The van der Waals surface area contributed by atoms with Gasteiger partial charge in [-0.25, -0.2) is 0 Å². The third-order valence-electron chi connectivity index (χ3n) is 6.11. The van der Waals surface area contributed by atoms with Crippen LogP contribution in [-0.2, 0) is 0 Å². The van der Waals surface area contributed by atoms with Crippen LogP contribution in [0, 0.1) is 45.3 Å². The van der Waals surface area contributed by atoms with Crippen molar-refractivity contribution in [3.63, 3.8) is 0 Å². The maximum absolute atomic E-state index is 13.1. The highest BCUT2D eigenvalue weighted by Crippen LogP contribution is 2.40. The van der Waals surface area contributed by atoms with E-state index in [-0.39, 0.29) is 11.9 Å². The van der Waals surface area contributed by atoms with Gasteiger partial charge in [-0.05, 0) is 57.3 Å². The van der Waals surface area contributed by atoms with Gasteiger partial charge in [0.1, 0.15) is 0 Å². The number of hydrogen-bond acceptors (Lipinski definition) is 5. The number of fused-ring (bicyclic) bond motifs is 2. The minimum Gasteiger partial charge on any atom is -0.346 e. The van der Waals surface area contributed by atoms with Crippen LogP contribution in [0.15, 0.2) is 72.8 Å². The maximum Gasteiger partial charge on any atom is 0.251 e. The summed E-state index contributed by atoms with van der Waals surface area (Å²) in [6.07, 6.45) is 0. The molecule has 166 valence electrons. The fourth-order valence-electron chi connectivity index (χ4n) is 4.43. The molecule has 1 N–H and O–H groups in total. The lowest BCUT2D eigenvalue weighted by Gasteiger charge is -2.19. The molecule has 1 unspecified atom stereocenters. The fourth-order valence-corrected chi connectivity index (χ4v) is 4.43. The second-order valence-electron chi connectivity index (χ2n) is 8.12. The molecule has 0 radical (unpaired) electrons. The summed E-state index contributed by atoms with van der Waals surface area (Å²) in [5.74, 6) is -2.47. The zero-order valence-electron chi connectivity index (χ0n) is 18.9. The minimum absolute atomic E-state index is 0.237. The summed E-state index contributed by atoms with van der Waals surface area (Å²) in [5.41, 5.74) is 2.27. The Morgan fingerprint density at radius 3 is 1.71 bits per heavy atom. The Hall–Kier alpha value is -5.17. The molecule has 0 aliphatic carbocycles. The van der Waals surface area contributed by atoms with E-state index in [2.05, 4.69) is 5.32 Å². The summed E-state index contributed by atoms with van der Waals surface area (Å²) in [6.45, 7) is 1.89. The lowest BCUT2D eigenvalue weighted by molar-refractivity contribution is 0.0940. The average Bonchev–Trinajstić information content (AvgIpc) is 2.90. The van der Waals surface area contributed by atoms with E-state index in [0.717, 1.165) is 5.56 Å². The average molecular weight is 454 g/mol.